The lowest BCUT2D eigenvalue weighted by molar-refractivity contribution is 0.0672. The van der Waals surface area contributed by atoms with Crippen LogP contribution in [-0.4, -0.2) is 29.0 Å². The van der Waals surface area contributed by atoms with Crippen molar-refractivity contribution in [3.05, 3.63) is 46.9 Å². The lowest BCUT2D eigenvalue weighted by atomic mass is 10.1. The fraction of sp³-hybridized carbons (Fsp3) is 0.231. The topological polar surface area (TPSA) is 37.4 Å². The fourth-order valence-electron chi connectivity index (χ4n) is 1.72. The van der Waals surface area contributed by atoms with Crippen LogP contribution in [0.5, 0.6) is 0 Å². The first-order valence-electron chi connectivity index (χ1n) is 5.47. The zero-order valence-electron chi connectivity index (χ0n) is 9.55. The number of benzene rings is 1. The van der Waals surface area contributed by atoms with Gasteiger partial charge in [0.2, 0.25) is 0 Å². The second-order valence-electron chi connectivity index (χ2n) is 3.59. The third kappa shape index (κ3) is 2.26. The molecular weight excluding hydrogens is 234 g/mol. The van der Waals surface area contributed by atoms with E-state index in [1.807, 2.05) is 11.5 Å². The molecule has 0 aromatic heterocycles. The van der Waals surface area contributed by atoms with E-state index in [1.54, 1.807) is 36.0 Å². The summed E-state index contributed by atoms with van der Waals surface area (Å²) in [4.78, 5) is 25.1. The van der Waals surface area contributed by atoms with E-state index in [2.05, 4.69) is 6.92 Å². The van der Waals surface area contributed by atoms with Crippen LogP contribution in [0, 0.1) is 0 Å². The zero-order chi connectivity index (χ0) is 12.3. The standard InChI is InChI=1S/C13H13NO2S/c1-2-17-9-5-8-14-12(15)10-6-3-4-7-11(10)13(14)16/h3-7,9H,2,8H2,1H3/b9-5+. The number of fused-ring (bicyclic) bond motifs is 1. The summed E-state index contributed by atoms with van der Waals surface area (Å²) in [6.45, 7) is 2.40. The monoisotopic (exact) mass is 247 g/mol. The lowest BCUT2D eigenvalue weighted by Crippen LogP contribution is -2.29. The summed E-state index contributed by atoms with van der Waals surface area (Å²) in [6.07, 6.45) is 1.84. The molecule has 0 aliphatic carbocycles. The van der Waals surface area contributed by atoms with Gasteiger partial charge in [-0.05, 0) is 23.3 Å². The predicted molar refractivity (Wildman–Crippen MR) is 69.1 cm³/mol. The van der Waals surface area contributed by atoms with Crippen molar-refractivity contribution in [1.29, 1.82) is 0 Å². The van der Waals surface area contributed by atoms with Crippen molar-refractivity contribution in [2.45, 2.75) is 6.92 Å². The number of carbonyl (C=O) groups excluding carboxylic acids is 2. The zero-order valence-corrected chi connectivity index (χ0v) is 10.4. The molecule has 3 nitrogen and oxygen atoms in total. The number of rotatable bonds is 4. The van der Waals surface area contributed by atoms with Gasteiger partial charge in [0.1, 0.15) is 0 Å². The molecule has 0 N–H and O–H groups in total. The number of nitrogens with zero attached hydrogens (tertiary/aromatic N) is 1. The maximum atomic E-state index is 11.9. The van der Waals surface area contributed by atoms with E-state index in [0.29, 0.717) is 17.7 Å². The van der Waals surface area contributed by atoms with Crippen molar-refractivity contribution in [3.63, 3.8) is 0 Å². The first-order valence-corrected chi connectivity index (χ1v) is 6.52. The highest BCUT2D eigenvalue weighted by molar-refractivity contribution is 8.02. The molecule has 0 unspecified atom stereocenters. The molecule has 2 amide bonds. The normalized spacial score (nSPS) is 14.8. The van der Waals surface area contributed by atoms with Crippen molar-refractivity contribution < 1.29 is 9.59 Å². The smallest absolute Gasteiger partial charge is 0.261 e. The molecule has 0 spiro atoms. The largest absolute Gasteiger partial charge is 0.270 e. The molecule has 0 atom stereocenters. The van der Waals surface area contributed by atoms with Crippen LogP contribution < -0.4 is 0 Å². The molecule has 2 rings (SSSR count). The summed E-state index contributed by atoms with van der Waals surface area (Å²) in [5.74, 6) is 0.590. The highest BCUT2D eigenvalue weighted by atomic mass is 32.2. The summed E-state index contributed by atoms with van der Waals surface area (Å²) in [5.41, 5.74) is 1.02. The van der Waals surface area contributed by atoms with E-state index in [-0.39, 0.29) is 11.8 Å². The minimum Gasteiger partial charge on any atom is -0.270 e. The number of imide groups is 1. The number of hydrogen-bond acceptors (Lipinski definition) is 3. The average molecular weight is 247 g/mol. The Labute approximate surface area is 104 Å². The van der Waals surface area contributed by atoms with Gasteiger partial charge in [0.05, 0.1) is 11.1 Å². The van der Waals surface area contributed by atoms with Crippen LogP contribution in [-0.2, 0) is 0 Å². The first kappa shape index (κ1) is 11.9. The second-order valence-corrected chi connectivity index (χ2v) is 4.78. The maximum Gasteiger partial charge on any atom is 0.261 e. The summed E-state index contributed by atoms with van der Waals surface area (Å²) < 4.78 is 0. The summed E-state index contributed by atoms with van der Waals surface area (Å²) in [7, 11) is 0. The molecule has 17 heavy (non-hydrogen) atoms. The van der Waals surface area contributed by atoms with Gasteiger partial charge in [0.25, 0.3) is 11.8 Å². The molecule has 0 bridgehead atoms. The minimum absolute atomic E-state index is 0.197. The molecule has 4 heteroatoms. The Bertz CT molecular complexity index is 447. The van der Waals surface area contributed by atoms with Crippen molar-refractivity contribution in [3.8, 4) is 0 Å². The van der Waals surface area contributed by atoms with E-state index in [4.69, 9.17) is 0 Å². The van der Waals surface area contributed by atoms with Gasteiger partial charge < -0.3 is 0 Å². The van der Waals surface area contributed by atoms with Gasteiger partial charge >= 0.3 is 0 Å². The summed E-state index contributed by atoms with van der Waals surface area (Å²) in [6, 6.07) is 6.94. The Morgan fingerprint density at radius 3 is 2.29 bits per heavy atom. The van der Waals surface area contributed by atoms with Gasteiger partial charge in [0.15, 0.2) is 0 Å². The number of amides is 2. The van der Waals surface area contributed by atoms with Gasteiger partial charge in [-0.1, -0.05) is 25.1 Å². The van der Waals surface area contributed by atoms with Crippen LogP contribution in [0.15, 0.2) is 35.7 Å². The lowest BCUT2D eigenvalue weighted by Gasteiger charge is -2.10. The van der Waals surface area contributed by atoms with Crippen LogP contribution in [0.25, 0.3) is 0 Å². The average Bonchev–Trinajstić information content (AvgIpc) is 2.60. The van der Waals surface area contributed by atoms with E-state index in [1.165, 1.54) is 4.90 Å². The predicted octanol–water partition coefficient (Wildman–Crippen LogP) is 2.55. The van der Waals surface area contributed by atoms with Crippen molar-refractivity contribution >= 4 is 23.6 Å². The Morgan fingerprint density at radius 2 is 1.76 bits per heavy atom. The molecule has 0 fully saturated rings. The summed E-state index contributed by atoms with van der Waals surface area (Å²) in [5, 5.41) is 1.92. The van der Waals surface area contributed by atoms with Gasteiger partial charge in [0, 0.05) is 6.54 Å². The fourth-order valence-corrected chi connectivity index (χ4v) is 2.13. The second kappa shape index (κ2) is 5.19. The molecule has 1 aliphatic rings. The van der Waals surface area contributed by atoms with E-state index in [9.17, 15) is 9.59 Å². The van der Waals surface area contributed by atoms with Crippen molar-refractivity contribution in [2.24, 2.45) is 0 Å². The molecule has 0 saturated carbocycles. The number of hydrogen-bond donors (Lipinski definition) is 0. The third-order valence-corrected chi connectivity index (χ3v) is 3.24. The molecule has 1 aliphatic heterocycles. The first-order chi connectivity index (χ1) is 8.25. The Morgan fingerprint density at radius 1 is 1.18 bits per heavy atom. The summed E-state index contributed by atoms with van der Waals surface area (Å²) >= 11 is 1.65. The van der Waals surface area contributed by atoms with Crippen LogP contribution in [0.4, 0.5) is 0 Å². The maximum absolute atomic E-state index is 11.9. The van der Waals surface area contributed by atoms with Crippen LogP contribution in [0.2, 0.25) is 0 Å². The van der Waals surface area contributed by atoms with Gasteiger partial charge in [-0.2, -0.15) is 0 Å². The molecule has 1 aromatic rings. The highest BCUT2D eigenvalue weighted by Crippen LogP contribution is 2.22. The number of carbonyl (C=O) groups is 2. The molecule has 1 aromatic carbocycles. The molecular formula is C13H13NO2S. The van der Waals surface area contributed by atoms with E-state index in [0.717, 1.165) is 5.75 Å². The Hall–Kier alpha value is -1.55. The van der Waals surface area contributed by atoms with Crippen molar-refractivity contribution in [1.82, 2.24) is 4.90 Å². The molecule has 88 valence electrons. The molecule has 1 heterocycles. The van der Waals surface area contributed by atoms with Gasteiger partial charge in [-0.3, -0.25) is 14.5 Å². The van der Waals surface area contributed by atoms with Crippen molar-refractivity contribution in [2.75, 3.05) is 12.3 Å². The Balaban J connectivity index is 2.13. The minimum atomic E-state index is -0.197. The van der Waals surface area contributed by atoms with E-state index < -0.39 is 0 Å². The SMILES string of the molecule is CCS/C=C/CN1C(=O)c2ccccc2C1=O. The van der Waals surface area contributed by atoms with E-state index >= 15 is 0 Å². The molecule has 0 saturated heterocycles. The van der Waals surface area contributed by atoms with Gasteiger partial charge in [-0.15, -0.1) is 11.8 Å². The van der Waals surface area contributed by atoms with Gasteiger partial charge in [-0.25, -0.2) is 0 Å². The quantitative estimate of drug-likeness (QED) is 0.767. The van der Waals surface area contributed by atoms with Crippen LogP contribution in [0.3, 0.4) is 0 Å². The number of thioether (sulfide) groups is 1. The van der Waals surface area contributed by atoms with Crippen LogP contribution >= 0.6 is 11.8 Å². The third-order valence-electron chi connectivity index (χ3n) is 2.53. The highest BCUT2D eigenvalue weighted by Gasteiger charge is 2.33. The molecule has 0 radical (unpaired) electrons. The Kier molecular flexibility index (Phi) is 3.64. The van der Waals surface area contributed by atoms with Crippen LogP contribution in [0.1, 0.15) is 27.6 Å².